The number of aromatic amines is 2. The van der Waals surface area contributed by atoms with Gasteiger partial charge in [0.05, 0.1) is 35.0 Å². The second kappa shape index (κ2) is 8.96. The van der Waals surface area contributed by atoms with Crippen LogP contribution in [0.1, 0.15) is 49.4 Å². The number of aromatic nitrogens is 6. The number of benzene rings is 2. The lowest BCUT2D eigenvalue weighted by molar-refractivity contribution is 0.613. The molecular weight excluding hydrogens is 448 g/mol. The number of nitrogens with zero attached hydrogens (tertiary/aromatic N) is 4. The quantitative estimate of drug-likeness (QED) is 0.287. The van der Waals surface area contributed by atoms with E-state index in [4.69, 9.17) is 4.98 Å². The summed E-state index contributed by atoms with van der Waals surface area (Å²) in [5.41, 5.74) is 7.19. The predicted molar refractivity (Wildman–Crippen MR) is 140 cm³/mol. The van der Waals surface area contributed by atoms with E-state index < -0.39 is 0 Å². The molecule has 2 saturated heterocycles. The van der Waals surface area contributed by atoms with E-state index in [1.54, 1.807) is 0 Å². The second-order valence-electron chi connectivity index (χ2n) is 9.71. The Morgan fingerprint density at radius 3 is 2.06 bits per heavy atom. The van der Waals surface area contributed by atoms with E-state index in [2.05, 4.69) is 78.0 Å². The fraction of sp³-hybridized carbons (Fsp3) is 0.286. The van der Waals surface area contributed by atoms with Crippen LogP contribution in [-0.2, 0) is 0 Å². The third-order valence-corrected chi connectivity index (χ3v) is 7.32. The van der Waals surface area contributed by atoms with Crippen molar-refractivity contribution in [3.05, 3.63) is 72.7 Å². The number of hydrogen-bond acceptors (Lipinski definition) is 6. The Bertz CT molecular complexity index is 1490. The van der Waals surface area contributed by atoms with Crippen LogP contribution < -0.4 is 10.6 Å². The predicted octanol–water partition coefficient (Wildman–Crippen LogP) is 4.93. The van der Waals surface area contributed by atoms with Gasteiger partial charge in [0.2, 0.25) is 0 Å². The first-order chi connectivity index (χ1) is 17.8. The summed E-state index contributed by atoms with van der Waals surface area (Å²) in [6, 6.07) is 15.3. The molecule has 5 aromatic rings. The zero-order chi connectivity index (χ0) is 23.9. The Balaban J connectivity index is 1.09. The molecule has 0 amide bonds. The van der Waals surface area contributed by atoms with E-state index in [0.29, 0.717) is 17.9 Å². The van der Waals surface area contributed by atoms with E-state index in [1.165, 1.54) is 12.8 Å². The largest absolute Gasteiger partial charge is 0.341 e. The van der Waals surface area contributed by atoms with E-state index in [-0.39, 0.29) is 0 Å². The number of rotatable bonds is 5. The first-order valence-corrected chi connectivity index (χ1v) is 12.7. The molecule has 7 rings (SSSR count). The first kappa shape index (κ1) is 21.4. The van der Waals surface area contributed by atoms with Crippen molar-refractivity contribution in [1.29, 1.82) is 0 Å². The van der Waals surface area contributed by atoms with Gasteiger partial charge in [-0.1, -0.05) is 24.3 Å². The van der Waals surface area contributed by atoms with E-state index in [1.807, 2.05) is 18.6 Å². The van der Waals surface area contributed by atoms with Crippen LogP contribution in [0.4, 0.5) is 0 Å². The van der Waals surface area contributed by atoms with Gasteiger partial charge in [-0.25, -0.2) is 19.9 Å². The van der Waals surface area contributed by atoms with Crippen molar-refractivity contribution in [2.45, 2.75) is 37.8 Å². The Hall–Kier alpha value is -3.88. The van der Waals surface area contributed by atoms with Crippen LogP contribution >= 0.6 is 0 Å². The summed E-state index contributed by atoms with van der Waals surface area (Å²) in [5, 5.41) is 6.99. The Labute approximate surface area is 209 Å². The van der Waals surface area contributed by atoms with Crippen molar-refractivity contribution in [1.82, 2.24) is 40.5 Å². The third kappa shape index (κ3) is 3.98. The molecule has 0 spiro atoms. The minimum atomic E-state index is 0.322. The molecule has 3 aromatic heterocycles. The molecule has 0 aliphatic carbocycles. The summed E-state index contributed by atoms with van der Waals surface area (Å²) in [4.78, 5) is 25.7. The van der Waals surface area contributed by atoms with Crippen molar-refractivity contribution in [3.63, 3.8) is 0 Å². The van der Waals surface area contributed by atoms with Crippen molar-refractivity contribution < 1.29 is 0 Å². The van der Waals surface area contributed by atoms with Gasteiger partial charge in [-0.3, -0.25) is 0 Å². The first-order valence-electron chi connectivity index (χ1n) is 12.7. The summed E-state index contributed by atoms with van der Waals surface area (Å²) < 4.78 is 0. The van der Waals surface area contributed by atoms with Gasteiger partial charge in [-0.15, -0.1) is 0 Å². The van der Waals surface area contributed by atoms with Gasteiger partial charge in [0.1, 0.15) is 11.6 Å². The molecule has 2 fully saturated rings. The van der Waals surface area contributed by atoms with Crippen molar-refractivity contribution in [3.8, 4) is 33.8 Å². The highest BCUT2D eigenvalue weighted by atomic mass is 15.0. The molecule has 2 aliphatic rings. The summed E-state index contributed by atoms with van der Waals surface area (Å²) in [6.45, 7) is 2.12. The number of imidazole rings is 2. The fourth-order valence-corrected chi connectivity index (χ4v) is 5.29. The number of fused-ring (bicyclic) bond motifs is 1. The van der Waals surface area contributed by atoms with Crippen molar-refractivity contribution >= 4 is 11.0 Å². The third-order valence-electron chi connectivity index (χ3n) is 7.32. The monoisotopic (exact) mass is 476 g/mol. The summed E-state index contributed by atoms with van der Waals surface area (Å²) in [7, 11) is 0. The molecule has 8 heteroatoms. The molecule has 2 atom stereocenters. The molecule has 36 heavy (non-hydrogen) atoms. The highest BCUT2D eigenvalue weighted by Gasteiger charge is 2.20. The number of hydrogen-bond donors (Lipinski definition) is 4. The minimum Gasteiger partial charge on any atom is -0.341 e. The standard InChI is InChI=1S/C28H28N8/c1-3-22(29-11-1)27-33-16-25(36-27)18-7-5-17(6-8-18)20-14-31-26(32-15-20)19-9-10-21-24(13-19)35-28(34-21)23-4-2-12-30-23/h5-10,13-16,22-23,29-30H,1-4,11-12H2,(H,33,36)(H,34,35)/t22-,23-/m0/s1. The van der Waals surface area contributed by atoms with Crippen LogP contribution in [-0.4, -0.2) is 43.0 Å². The Kier molecular flexibility index (Phi) is 5.33. The van der Waals surface area contributed by atoms with Crippen LogP contribution in [0.3, 0.4) is 0 Å². The van der Waals surface area contributed by atoms with Crippen molar-refractivity contribution in [2.24, 2.45) is 0 Å². The highest BCUT2D eigenvalue weighted by molar-refractivity contribution is 5.80. The second-order valence-corrected chi connectivity index (χ2v) is 9.71. The molecule has 2 aliphatic heterocycles. The SMILES string of the molecule is c1cc(-c2cnc([C@@H]3CCCN3)[nH]2)ccc1-c1cnc(-c2ccc3[nH]c([C@@H]4CCCN4)nc3c2)nc1. The maximum atomic E-state index is 4.82. The molecule has 8 nitrogen and oxygen atoms in total. The van der Waals surface area contributed by atoms with Crippen LogP contribution in [0.15, 0.2) is 61.1 Å². The topological polar surface area (TPSA) is 107 Å². The van der Waals surface area contributed by atoms with Crippen LogP contribution in [0, 0.1) is 0 Å². The van der Waals surface area contributed by atoms with Gasteiger partial charge in [-0.2, -0.15) is 0 Å². The van der Waals surface area contributed by atoms with Crippen LogP contribution in [0.5, 0.6) is 0 Å². The maximum absolute atomic E-state index is 4.82. The van der Waals surface area contributed by atoms with Gasteiger partial charge in [-0.05, 0) is 68.1 Å². The minimum absolute atomic E-state index is 0.322. The molecule has 180 valence electrons. The van der Waals surface area contributed by atoms with Gasteiger partial charge in [0.15, 0.2) is 5.82 Å². The van der Waals surface area contributed by atoms with Gasteiger partial charge in [0.25, 0.3) is 0 Å². The smallest absolute Gasteiger partial charge is 0.159 e. The van der Waals surface area contributed by atoms with Crippen molar-refractivity contribution in [2.75, 3.05) is 13.1 Å². The summed E-state index contributed by atoms with van der Waals surface area (Å²) in [5.74, 6) is 2.74. The van der Waals surface area contributed by atoms with Gasteiger partial charge >= 0.3 is 0 Å². The lowest BCUT2D eigenvalue weighted by Crippen LogP contribution is -2.14. The van der Waals surface area contributed by atoms with Crippen LogP contribution in [0.2, 0.25) is 0 Å². The molecule has 2 aromatic carbocycles. The molecule has 0 saturated carbocycles. The summed E-state index contributed by atoms with van der Waals surface area (Å²) >= 11 is 0. The van der Waals surface area contributed by atoms with Crippen LogP contribution in [0.25, 0.3) is 44.8 Å². The fourth-order valence-electron chi connectivity index (χ4n) is 5.29. The Morgan fingerprint density at radius 2 is 1.33 bits per heavy atom. The molecule has 0 radical (unpaired) electrons. The molecular formula is C28H28N8. The highest BCUT2D eigenvalue weighted by Crippen LogP contribution is 2.28. The Morgan fingerprint density at radius 1 is 0.639 bits per heavy atom. The summed E-state index contributed by atoms with van der Waals surface area (Å²) in [6.07, 6.45) is 10.4. The zero-order valence-corrected chi connectivity index (χ0v) is 20.0. The van der Waals surface area contributed by atoms with Gasteiger partial charge < -0.3 is 20.6 Å². The molecule has 5 heterocycles. The average Bonchev–Trinajstić information content (AvgIpc) is 3.75. The van der Waals surface area contributed by atoms with Gasteiger partial charge in [0, 0.05) is 23.5 Å². The lowest BCUT2D eigenvalue weighted by atomic mass is 10.1. The zero-order valence-electron chi connectivity index (χ0n) is 20.0. The molecule has 0 bridgehead atoms. The lowest BCUT2D eigenvalue weighted by Gasteiger charge is -2.06. The number of nitrogens with one attached hydrogen (secondary N) is 4. The average molecular weight is 477 g/mol. The van der Waals surface area contributed by atoms with E-state index in [9.17, 15) is 0 Å². The normalized spacial score (nSPS) is 19.9. The number of H-pyrrole nitrogens is 2. The maximum Gasteiger partial charge on any atom is 0.159 e. The molecule has 0 unspecified atom stereocenters. The van der Waals surface area contributed by atoms with E-state index >= 15 is 0 Å². The van der Waals surface area contributed by atoms with E-state index in [0.717, 1.165) is 76.6 Å². The molecule has 4 N–H and O–H groups in total.